The monoisotopic (exact) mass is 349 g/mol. The van der Waals surface area contributed by atoms with Crippen LogP contribution < -0.4 is 0 Å². The van der Waals surface area contributed by atoms with Gasteiger partial charge >= 0.3 is 0 Å². The fraction of sp³-hybridized carbons (Fsp3) is 0.333. The van der Waals surface area contributed by atoms with Gasteiger partial charge in [0.2, 0.25) is 5.89 Å². The molecule has 1 fully saturated rings. The predicted octanol–water partition coefficient (Wildman–Crippen LogP) is 3.71. The van der Waals surface area contributed by atoms with Crippen LogP contribution in [0.2, 0.25) is 0 Å². The summed E-state index contributed by atoms with van der Waals surface area (Å²) >= 11 is 2.45. The van der Waals surface area contributed by atoms with Gasteiger partial charge in [-0.2, -0.15) is 4.98 Å². The summed E-state index contributed by atoms with van der Waals surface area (Å²) in [6.45, 7) is 2.10. The van der Waals surface area contributed by atoms with E-state index in [1.165, 1.54) is 11.3 Å². The quantitative estimate of drug-likeness (QED) is 0.740. The molecule has 0 spiro atoms. The Morgan fingerprint density at radius 1 is 1.39 bits per heavy atom. The van der Waals surface area contributed by atoms with Gasteiger partial charge in [0.15, 0.2) is 5.82 Å². The minimum atomic E-state index is -0.318. The van der Waals surface area contributed by atoms with Crippen molar-refractivity contribution in [3.05, 3.63) is 39.0 Å². The van der Waals surface area contributed by atoms with Crippen LogP contribution in [-0.2, 0) is 17.8 Å². The molecule has 0 N–H and O–H groups in total. The molecule has 1 aliphatic rings. The third kappa shape index (κ3) is 3.70. The van der Waals surface area contributed by atoms with Gasteiger partial charge in [-0.1, -0.05) is 24.6 Å². The van der Waals surface area contributed by atoms with Crippen LogP contribution in [0.4, 0.5) is 4.79 Å². The van der Waals surface area contributed by atoms with Crippen molar-refractivity contribution in [2.75, 3.05) is 0 Å². The first kappa shape index (κ1) is 15.9. The Hall–Kier alpha value is -1.93. The van der Waals surface area contributed by atoms with E-state index in [-0.39, 0.29) is 23.6 Å². The topological polar surface area (TPSA) is 76.3 Å². The van der Waals surface area contributed by atoms with Gasteiger partial charge in [-0.3, -0.25) is 14.5 Å². The molecule has 0 bridgehead atoms. The number of aryl methyl sites for hydroxylation is 1. The molecule has 0 aromatic carbocycles. The Morgan fingerprint density at radius 2 is 2.26 bits per heavy atom. The van der Waals surface area contributed by atoms with Gasteiger partial charge < -0.3 is 4.52 Å². The normalized spacial score (nSPS) is 16.7. The van der Waals surface area contributed by atoms with Gasteiger partial charge in [-0.15, -0.1) is 11.3 Å². The molecule has 8 heteroatoms. The summed E-state index contributed by atoms with van der Waals surface area (Å²) in [7, 11) is 0. The fourth-order valence-corrected chi connectivity index (χ4v) is 3.63. The van der Waals surface area contributed by atoms with Crippen LogP contribution >= 0.6 is 23.1 Å². The average Bonchev–Trinajstić information content (AvgIpc) is 3.25. The van der Waals surface area contributed by atoms with E-state index in [4.69, 9.17) is 4.52 Å². The summed E-state index contributed by atoms with van der Waals surface area (Å²) in [6, 6.07) is 3.80. The largest absolute Gasteiger partial charge is 0.337 e. The summed E-state index contributed by atoms with van der Waals surface area (Å²) in [4.78, 5) is 31.1. The van der Waals surface area contributed by atoms with E-state index in [9.17, 15) is 9.59 Å². The molecule has 2 aromatic heterocycles. The molecule has 3 rings (SSSR count). The number of rotatable bonds is 6. The van der Waals surface area contributed by atoms with E-state index in [2.05, 4.69) is 17.1 Å². The maximum atomic E-state index is 12.4. The molecule has 23 heavy (non-hydrogen) atoms. The Kier molecular flexibility index (Phi) is 4.92. The molecular weight excluding hydrogens is 334 g/mol. The first-order chi connectivity index (χ1) is 11.2. The van der Waals surface area contributed by atoms with Gasteiger partial charge in [0, 0.05) is 11.3 Å². The molecule has 3 heterocycles. The van der Waals surface area contributed by atoms with Gasteiger partial charge in [-0.05, 0) is 35.7 Å². The third-order valence-corrected chi connectivity index (χ3v) is 4.97. The molecule has 0 aliphatic carbocycles. The van der Waals surface area contributed by atoms with Crippen molar-refractivity contribution in [3.8, 4) is 0 Å². The highest BCUT2D eigenvalue weighted by Crippen LogP contribution is 2.33. The first-order valence-electron chi connectivity index (χ1n) is 7.27. The average molecular weight is 349 g/mol. The highest BCUT2D eigenvalue weighted by Gasteiger charge is 2.36. The number of aromatic nitrogens is 2. The van der Waals surface area contributed by atoms with Crippen LogP contribution in [0.3, 0.4) is 0 Å². The van der Waals surface area contributed by atoms with Crippen LogP contribution in [0.25, 0.3) is 6.08 Å². The lowest BCUT2D eigenvalue weighted by molar-refractivity contribution is -0.123. The zero-order valence-electron chi connectivity index (χ0n) is 12.5. The lowest BCUT2D eigenvalue weighted by Gasteiger charge is -2.08. The fourth-order valence-electron chi connectivity index (χ4n) is 2.06. The van der Waals surface area contributed by atoms with Gasteiger partial charge in [0.1, 0.15) is 6.54 Å². The second-order valence-electron chi connectivity index (χ2n) is 4.99. The van der Waals surface area contributed by atoms with Crippen molar-refractivity contribution in [2.24, 2.45) is 0 Å². The van der Waals surface area contributed by atoms with E-state index in [1.54, 1.807) is 6.08 Å². The lowest BCUT2D eigenvalue weighted by Crippen LogP contribution is -2.27. The number of hydrogen-bond donors (Lipinski definition) is 0. The minimum Gasteiger partial charge on any atom is -0.337 e. The number of nitrogens with zero attached hydrogens (tertiary/aromatic N) is 3. The van der Waals surface area contributed by atoms with Crippen molar-refractivity contribution >= 4 is 40.3 Å². The van der Waals surface area contributed by atoms with Gasteiger partial charge in [-0.25, -0.2) is 0 Å². The summed E-state index contributed by atoms with van der Waals surface area (Å²) in [5.41, 5.74) is 0. The SMILES string of the molecule is CCCCc1noc(CN2C(=O)SC(=Cc3cccs3)C2=O)n1. The Balaban J connectivity index is 1.69. The van der Waals surface area contributed by atoms with E-state index in [1.807, 2.05) is 17.5 Å². The van der Waals surface area contributed by atoms with Gasteiger partial charge in [0.05, 0.1) is 4.91 Å². The van der Waals surface area contributed by atoms with Crippen LogP contribution in [0.5, 0.6) is 0 Å². The summed E-state index contributed by atoms with van der Waals surface area (Å²) in [6.07, 6.45) is 4.49. The molecule has 1 saturated heterocycles. The second kappa shape index (κ2) is 7.10. The number of amides is 2. The van der Waals surface area contributed by atoms with Crippen LogP contribution in [0, 0.1) is 0 Å². The number of thiophene rings is 1. The summed E-state index contributed by atoms with van der Waals surface area (Å²) < 4.78 is 5.13. The van der Waals surface area contributed by atoms with Crippen molar-refractivity contribution < 1.29 is 14.1 Å². The second-order valence-corrected chi connectivity index (χ2v) is 6.96. The van der Waals surface area contributed by atoms with E-state index in [0.29, 0.717) is 10.7 Å². The molecule has 2 aromatic rings. The van der Waals surface area contributed by atoms with Crippen molar-refractivity contribution in [1.82, 2.24) is 15.0 Å². The van der Waals surface area contributed by atoms with Crippen molar-refractivity contribution in [2.45, 2.75) is 32.7 Å². The van der Waals surface area contributed by atoms with E-state index >= 15 is 0 Å². The molecule has 0 saturated carbocycles. The van der Waals surface area contributed by atoms with Crippen molar-refractivity contribution in [1.29, 1.82) is 0 Å². The number of imide groups is 1. The standard InChI is InChI=1S/C15H15N3O3S2/c1-2-3-6-12-16-13(21-17-12)9-18-14(19)11(23-15(18)20)8-10-5-4-7-22-10/h4-5,7-8H,2-3,6,9H2,1H3. The smallest absolute Gasteiger partial charge is 0.294 e. The number of carbonyl (C=O) groups excluding carboxylic acids is 2. The zero-order valence-corrected chi connectivity index (χ0v) is 14.2. The number of unbranched alkanes of at least 4 members (excludes halogenated alkanes) is 1. The highest BCUT2D eigenvalue weighted by molar-refractivity contribution is 8.18. The molecule has 2 amide bonds. The number of carbonyl (C=O) groups is 2. The van der Waals surface area contributed by atoms with Crippen LogP contribution in [0.15, 0.2) is 26.9 Å². The molecular formula is C15H15N3O3S2. The molecule has 6 nitrogen and oxygen atoms in total. The number of hydrogen-bond acceptors (Lipinski definition) is 7. The Morgan fingerprint density at radius 3 is 3.00 bits per heavy atom. The molecule has 120 valence electrons. The molecule has 0 radical (unpaired) electrons. The third-order valence-electron chi connectivity index (χ3n) is 3.25. The summed E-state index contributed by atoms with van der Waals surface area (Å²) in [5, 5.41) is 5.48. The number of thioether (sulfide) groups is 1. The predicted molar refractivity (Wildman–Crippen MR) is 88.7 cm³/mol. The maximum Gasteiger partial charge on any atom is 0.294 e. The van der Waals surface area contributed by atoms with Crippen molar-refractivity contribution in [3.63, 3.8) is 0 Å². The Bertz CT molecular complexity index is 737. The minimum absolute atomic E-state index is 0.0194. The van der Waals surface area contributed by atoms with E-state index < -0.39 is 0 Å². The Labute approximate surface area is 141 Å². The summed E-state index contributed by atoms with van der Waals surface area (Å²) in [5.74, 6) is 0.584. The van der Waals surface area contributed by atoms with Crippen LogP contribution in [-0.4, -0.2) is 26.2 Å². The molecule has 1 aliphatic heterocycles. The molecule has 0 unspecified atom stereocenters. The molecule has 0 atom stereocenters. The zero-order chi connectivity index (χ0) is 16.2. The van der Waals surface area contributed by atoms with E-state index in [0.717, 1.165) is 40.8 Å². The lowest BCUT2D eigenvalue weighted by atomic mass is 10.2. The maximum absolute atomic E-state index is 12.4. The van der Waals surface area contributed by atoms with Crippen LogP contribution in [0.1, 0.15) is 36.4 Å². The first-order valence-corrected chi connectivity index (χ1v) is 8.97. The van der Waals surface area contributed by atoms with Gasteiger partial charge in [0.25, 0.3) is 11.1 Å². The highest BCUT2D eigenvalue weighted by atomic mass is 32.2.